The molecule has 2 N–H and O–H groups in total. The molecule has 0 unspecified atom stereocenters. The number of hydrogen-bond donors (Lipinski definition) is 2. The molecule has 2 heterocycles. The van der Waals surface area contributed by atoms with E-state index in [1.807, 2.05) is 0 Å². The van der Waals surface area contributed by atoms with E-state index in [2.05, 4.69) is 15.3 Å². The largest absolute Gasteiger partial charge is 0.465 e. The van der Waals surface area contributed by atoms with Crippen LogP contribution in [0.5, 0.6) is 0 Å². The second-order valence-corrected chi connectivity index (χ2v) is 3.40. The summed E-state index contributed by atoms with van der Waals surface area (Å²) in [5.41, 5.74) is 1.27. The van der Waals surface area contributed by atoms with E-state index >= 15 is 0 Å². The van der Waals surface area contributed by atoms with Crippen molar-refractivity contribution in [2.75, 3.05) is 25.0 Å². The van der Waals surface area contributed by atoms with Crippen molar-refractivity contribution in [3.63, 3.8) is 0 Å². The summed E-state index contributed by atoms with van der Waals surface area (Å²) in [6.07, 6.45) is 0.511. The van der Waals surface area contributed by atoms with E-state index in [1.165, 1.54) is 13.2 Å². The Bertz CT molecular complexity index is 427. The highest BCUT2D eigenvalue weighted by Gasteiger charge is 2.12. The number of aromatic nitrogens is 1. The molecular formula is C10H12N4O2. The SMILES string of the molecule is CN(C(=O)O)c1ccc(C2=NCCN2)nc1. The van der Waals surface area contributed by atoms with Gasteiger partial charge in [0.25, 0.3) is 0 Å². The second-order valence-electron chi connectivity index (χ2n) is 3.40. The summed E-state index contributed by atoms with van der Waals surface area (Å²) >= 11 is 0. The molecular weight excluding hydrogens is 208 g/mol. The molecule has 1 aromatic rings. The molecule has 1 amide bonds. The average molecular weight is 220 g/mol. The number of carbonyl (C=O) groups is 1. The lowest BCUT2D eigenvalue weighted by Gasteiger charge is -2.12. The first-order valence-corrected chi connectivity index (χ1v) is 4.90. The lowest BCUT2D eigenvalue weighted by Crippen LogP contribution is -2.24. The molecule has 2 rings (SSSR count). The van der Waals surface area contributed by atoms with Crippen LogP contribution < -0.4 is 10.2 Å². The van der Waals surface area contributed by atoms with Gasteiger partial charge in [-0.05, 0) is 12.1 Å². The fourth-order valence-corrected chi connectivity index (χ4v) is 1.40. The molecule has 0 fully saturated rings. The van der Waals surface area contributed by atoms with Crippen LogP contribution in [0.4, 0.5) is 10.5 Å². The van der Waals surface area contributed by atoms with Gasteiger partial charge in [-0.2, -0.15) is 0 Å². The molecule has 1 aliphatic heterocycles. The second kappa shape index (κ2) is 4.18. The zero-order chi connectivity index (χ0) is 11.5. The van der Waals surface area contributed by atoms with Crippen LogP contribution in [0.15, 0.2) is 23.3 Å². The molecule has 0 aliphatic carbocycles. The maximum atomic E-state index is 10.7. The molecule has 6 nitrogen and oxygen atoms in total. The van der Waals surface area contributed by atoms with Crippen molar-refractivity contribution >= 4 is 17.6 Å². The van der Waals surface area contributed by atoms with Crippen molar-refractivity contribution in [3.05, 3.63) is 24.0 Å². The first kappa shape index (κ1) is 10.4. The van der Waals surface area contributed by atoms with Gasteiger partial charge in [0.15, 0.2) is 0 Å². The van der Waals surface area contributed by atoms with E-state index in [0.29, 0.717) is 5.69 Å². The number of rotatable bonds is 2. The third-order valence-electron chi connectivity index (χ3n) is 2.34. The van der Waals surface area contributed by atoms with Crippen LogP contribution in [0, 0.1) is 0 Å². The Balaban J connectivity index is 2.19. The van der Waals surface area contributed by atoms with E-state index in [4.69, 9.17) is 5.11 Å². The molecule has 0 saturated carbocycles. The summed E-state index contributed by atoms with van der Waals surface area (Å²) in [5.74, 6) is 0.768. The standard InChI is InChI=1S/C10H12N4O2/c1-14(10(15)16)7-2-3-8(13-6-7)9-11-4-5-12-9/h2-3,6H,4-5H2,1H3,(H,11,12)(H,15,16). The fourth-order valence-electron chi connectivity index (χ4n) is 1.40. The number of amides is 1. The summed E-state index contributed by atoms with van der Waals surface area (Å²) < 4.78 is 0. The van der Waals surface area contributed by atoms with Gasteiger partial charge in [-0.3, -0.25) is 14.9 Å². The molecule has 0 atom stereocenters. The number of nitrogens with one attached hydrogen (secondary N) is 1. The van der Waals surface area contributed by atoms with Crippen LogP contribution in [0.2, 0.25) is 0 Å². The molecule has 1 aliphatic rings. The monoisotopic (exact) mass is 220 g/mol. The average Bonchev–Trinajstić information content (AvgIpc) is 2.81. The number of carboxylic acid groups (broad SMARTS) is 1. The Morgan fingerprint density at radius 2 is 2.38 bits per heavy atom. The maximum Gasteiger partial charge on any atom is 0.411 e. The van der Waals surface area contributed by atoms with Gasteiger partial charge in [0.05, 0.1) is 18.4 Å². The van der Waals surface area contributed by atoms with E-state index in [-0.39, 0.29) is 0 Å². The van der Waals surface area contributed by atoms with Gasteiger partial charge in [0.1, 0.15) is 11.5 Å². The molecule has 16 heavy (non-hydrogen) atoms. The van der Waals surface area contributed by atoms with Gasteiger partial charge < -0.3 is 10.4 Å². The van der Waals surface area contributed by atoms with Crippen molar-refractivity contribution in [3.8, 4) is 0 Å². The third-order valence-corrected chi connectivity index (χ3v) is 2.34. The molecule has 1 aromatic heterocycles. The summed E-state index contributed by atoms with van der Waals surface area (Å²) in [6, 6.07) is 3.46. The summed E-state index contributed by atoms with van der Waals surface area (Å²) in [5, 5.41) is 11.9. The number of anilines is 1. The van der Waals surface area contributed by atoms with Crippen LogP contribution in [0.3, 0.4) is 0 Å². The topological polar surface area (TPSA) is 77.8 Å². The number of hydrogen-bond acceptors (Lipinski definition) is 4. The van der Waals surface area contributed by atoms with Gasteiger partial charge in [-0.15, -0.1) is 0 Å². The summed E-state index contributed by atoms with van der Waals surface area (Å²) in [7, 11) is 1.48. The zero-order valence-corrected chi connectivity index (χ0v) is 8.84. The molecule has 0 spiro atoms. The molecule has 84 valence electrons. The van der Waals surface area contributed by atoms with Crippen LogP contribution in [0.1, 0.15) is 5.69 Å². The minimum absolute atomic E-state index is 0.537. The minimum atomic E-state index is -1.01. The third kappa shape index (κ3) is 1.95. The lowest BCUT2D eigenvalue weighted by molar-refractivity contribution is 0.203. The zero-order valence-electron chi connectivity index (χ0n) is 8.84. The summed E-state index contributed by atoms with van der Waals surface area (Å²) in [4.78, 5) is 20.2. The van der Waals surface area contributed by atoms with E-state index in [1.54, 1.807) is 12.1 Å². The van der Waals surface area contributed by atoms with Crippen LogP contribution in [-0.4, -0.2) is 42.2 Å². The molecule has 6 heteroatoms. The predicted octanol–water partition coefficient (Wildman–Crippen LogP) is 0.546. The Morgan fingerprint density at radius 3 is 2.88 bits per heavy atom. The van der Waals surface area contributed by atoms with E-state index in [0.717, 1.165) is 29.5 Å². The number of nitrogens with zero attached hydrogens (tertiary/aromatic N) is 3. The molecule has 0 bridgehead atoms. The number of amidine groups is 1. The Morgan fingerprint density at radius 1 is 1.56 bits per heavy atom. The van der Waals surface area contributed by atoms with Crippen molar-refractivity contribution < 1.29 is 9.90 Å². The van der Waals surface area contributed by atoms with Gasteiger partial charge >= 0.3 is 6.09 Å². The smallest absolute Gasteiger partial charge is 0.411 e. The van der Waals surface area contributed by atoms with Gasteiger partial charge in [-0.25, -0.2) is 4.79 Å². The first-order chi connectivity index (χ1) is 7.68. The Labute approximate surface area is 92.6 Å². The number of pyridine rings is 1. The fraction of sp³-hybridized carbons (Fsp3) is 0.300. The molecule has 0 aromatic carbocycles. The maximum absolute atomic E-state index is 10.7. The van der Waals surface area contributed by atoms with Crippen LogP contribution in [-0.2, 0) is 0 Å². The highest BCUT2D eigenvalue weighted by Crippen LogP contribution is 2.11. The van der Waals surface area contributed by atoms with Crippen molar-refractivity contribution in [1.29, 1.82) is 0 Å². The van der Waals surface area contributed by atoms with Crippen molar-refractivity contribution in [2.24, 2.45) is 4.99 Å². The van der Waals surface area contributed by atoms with E-state index < -0.39 is 6.09 Å². The van der Waals surface area contributed by atoms with Crippen molar-refractivity contribution in [1.82, 2.24) is 10.3 Å². The van der Waals surface area contributed by atoms with Gasteiger partial charge in [-0.1, -0.05) is 0 Å². The Hall–Kier alpha value is -2.11. The Kier molecular flexibility index (Phi) is 2.72. The number of aliphatic imine (C=N–C) groups is 1. The highest BCUT2D eigenvalue weighted by molar-refractivity contribution is 5.98. The quantitative estimate of drug-likeness (QED) is 0.762. The highest BCUT2D eigenvalue weighted by atomic mass is 16.4. The van der Waals surface area contributed by atoms with Crippen LogP contribution in [0.25, 0.3) is 0 Å². The first-order valence-electron chi connectivity index (χ1n) is 4.90. The molecule has 0 radical (unpaired) electrons. The van der Waals surface area contributed by atoms with E-state index in [9.17, 15) is 4.79 Å². The van der Waals surface area contributed by atoms with Gasteiger partial charge in [0, 0.05) is 13.6 Å². The lowest BCUT2D eigenvalue weighted by atomic mass is 10.3. The molecule has 0 saturated heterocycles. The van der Waals surface area contributed by atoms with Crippen LogP contribution >= 0.6 is 0 Å². The van der Waals surface area contributed by atoms with Crippen molar-refractivity contribution in [2.45, 2.75) is 0 Å². The van der Waals surface area contributed by atoms with Gasteiger partial charge in [0.2, 0.25) is 0 Å². The summed E-state index contributed by atoms with van der Waals surface area (Å²) in [6.45, 7) is 1.58. The predicted molar refractivity (Wildman–Crippen MR) is 60.1 cm³/mol. The normalized spacial score (nSPS) is 14.2. The minimum Gasteiger partial charge on any atom is -0.465 e.